The quantitative estimate of drug-likeness (QED) is 0.529. The Labute approximate surface area is 180 Å². The second kappa shape index (κ2) is 11.9. The third-order valence-corrected chi connectivity index (χ3v) is 5.67. The maximum atomic E-state index is 12.3. The predicted octanol–water partition coefficient (Wildman–Crippen LogP) is 2.54. The Hall–Kier alpha value is -2.12. The maximum absolute atomic E-state index is 12.3. The van der Waals surface area contributed by atoms with Crippen molar-refractivity contribution in [2.24, 2.45) is 10.9 Å². The van der Waals surface area contributed by atoms with E-state index in [1.54, 1.807) is 0 Å². The van der Waals surface area contributed by atoms with Crippen molar-refractivity contribution in [3.63, 3.8) is 0 Å². The Morgan fingerprint density at radius 2 is 2.10 bits per heavy atom. The van der Waals surface area contributed by atoms with Gasteiger partial charge in [0.1, 0.15) is 0 Å². The number of hydrogen-bond donors (Lipinski definition) is 2. The summed E-state index contributed by atoms with van der Waals surface area (Å²) in [6.07, 6.45) is 3.01. The number of likely N-dealkylation sites (tertiary alicyclic amines) is 1. The molecule has 0 aromatic heterocycles. The van der Waals surface area contributed by atoms with Crippen molar-refractivity contribution in [1.29, 1.82) is 0 Å². The normalized spacial score (nSPS) is 20.8. The molecule has 1 atom stereocenters. The fourth-order valence-corrected chi connectivity index (χ4v) is 4.03. The predicted molar refractivity (Wildman–Crippen MR) is 122 cm³/mol. The van der Waals surface area contributed by atoms with Crippen molar-refractivity contribution < 1.29 is 9.53 Å². The van der Waals surface area contributed by atoms with Gasteiger partial charge in [-0.05, 0) is 43.4 Å². The largest absolute Gasteiger partial charge is 0.379 e. The van der Waals surface area contributed by atoms with E-state index in [1.165, 1.54) is 12.8 Å². The van der Waals surface area contributed by atoms with Gasteiger partial charge >= 0.3 is 0 Å². The molecule has 2 saturated heterocycles. The number of carbonyl (C=O) groups excluding carboxylic acids is 1. The van der Waals surface area contributed by atoms with Crippen LogP contribution in [-0.2, 0) is 16.1 Å². The Morgan fingerprint density at radius 3 is 2.87 bits per heavy atom. The molecule has 166 valence electrons. The molecule has 7 nitrogen and oxygen atoms in total. The lowest BCUT2D eigenvalue weighted by molar-refractivity contribution is -0.116. The number of rotatable bonds is 7. The molecule has 0 saturated carbocycles. The number of piperidine rings is 1. The van der Waals surface area contributed by atoms with E-state index in [-0.39, 0.29) is 5.91 Å². The molecule has 2 fully saturated rings. The van der Waals surface area contributed by atoms with Crippen molar-refractivity contribution in [2.45, 2.75) is 39.7 Å². The molecule has 0 bridgehead atoms. The summed E-state index contributed by atoms with van der Waals surface area (Å²) in [7, 11) is 0. The maximum Gasteiger partial charge on any atom is 0.225 e. The Kier molecular flexibility index (Phi) is 8.96. The average molecular weight is 416 g/mol. The number of carbonyl (C=O) groups is 1. The third-order valence-electron chi connectivity index (χ3n) is 5.67. The van der Waals surface area contributed by atoms with Crippen molar-refractivity contribution in [3.8, 4) is 0 Å². The van der Waals surface area contributed by atoms with E-state index in [4.69, 9.17) is 9.73 Å². The van der Waals surface area contributed by atoms with Gasteiger partial charge in [-0.25, -0.2) is 4.99 Å². The number of nitrogens with zero attached hydrogens (tertiary/aromatic N) is 3. The number of aliphatic imine (C=N–C) groups is 1. The van der Waals surface area contributed by atoms with Crippen LogP contribution in [0.3, 0.4) is 0 Å². The minimum absolute atomic E-state index is 0.0535. The lowest BCUT2D eigenvalue weighted by Crippen LogP contribution is -2.46. The van der Waals surface area contributed by atoms with Crippen LogP contribution in [0, 0.1) is 5.92 Å². The van der Waals surface area contributed by atoms with Crippen molar-refractivity contribution in [1.82, 2.24) is 15.1 Å². The van der Waals surface area contributed by atoms with Gasteiger partial charge in [0.05, 0.1) is 19.8 Å². The molecule has 0 radical (unpaired) electrons. The highest BCUT2D eigenvalue weighted by Crippen LogP contribution is 2.16. The summed E-state index contributed by atoms with van der Waals surface area (Å²) in [5.41, 5.74) is 1.94. The minimum Gasteiger partial charge on any atom is -0.379 e. The molecule has 1 aromatic rings. The van der Waals surface area contributed by atoms with Crippen LogP contribution >= 0.6 is 0 Å². The first kappa shape index (κ1) is 22.6. The van der Waals surface area contributed by atoms with E-state index in [2.05, 4.69) is 40.3 Å². The molecule has 7 heteroatoms. The zero-order chi connectivity index (χ0) is 21.2. The molecule has 1 amide bonds. The lowest BCUT2D eigenvalue weighted by atomic mass is 10.0. The summed E-state index contributed by atoms with van der Waals surface area (Å²) in [4.78, 5) is 21.8. The van der Waals surface area contributed by atoms with Crippen LogP contribution in [-0.4, -0.2) is 74.1 Å². The highest BCUT2D eigenvalue weighted by Gasteiger charge is 2.19. The van der Waals surface area contributed by atoms with E-state index < -0.39 is 0 Å². The Morgan fingerprint density at radius 1 is 1.27 bits per heavy atom. The van der Waals surface area contributed by atoms with E-state index in [0.717, 1.165) is 69.7 Å². The second-order valence-corrected chi connectivity index (χ2v) is 8.32. The van der Waals surface area contributed by atoms with Crippen LogP contribution in [0.5, 0.6) is 0 Å². The first-order valence-electron chi connectivity index (χ1n) is 11.4. The zero-order valence-electron chi connectivity index (χ0n) is 18.5. The SMILES string of the molecule is CCNC(=NCc1cccc(NC(=O)CCN2CCOCC2)c1)N1CCCC(C)C1. The summed E-state index contributed by atoms with van der Waals surface area (Å²) < 4.78 is 5.35. The van der Waals surface area contributed by atoms with Gasteiger partial charge in [0, 0.05) is 51.4 Å². The highest BCUT2D eigenvalue weighted by atomic mass is 16.5. The minimum atomic E-state index is 0.0535. The summed E-state index contributed by atoms with van der Waals surface area (Å²) in [6, 6.07) is 8.02. The number of anilines is 1. The van der Waals surface area contributed by atoms with Gasteiger partial charge in [0.25, 0.3) is 0 Å². The number of nitrogens with one attached hydrogen (secondary N) is 2. The summed E-state index contributed by atoms with van der Waals surface area (Å²) >= 11 is 0. The molecule has 2 aliphatic rings. The Balaban J connectivity index is 1.53. The fourth-order valence-electron chi connectivity index (χ4n) is 4.03. The number of guanidine groups is 1. The third kappa shape index (κ3) is 7.29. The fraction of sp³-hybridized carbons (Fsp3) is 0.652. The van der Waals surface area contributed by atoms with Crippen molar-refractivity contribution in [3.05, 3.63) is 29.8 Å². The smallest absolute Gasteiger partial charge is 0.225 e. The van der Waals surface area contributed by atoms with Crippen LogP contribution in [0.15, 0.2) is 29.3 Å². The van der Waals surface area contributed by atoms with Gasteiger partial charge in [0.2, 0.25) is 5.91 Å². The zero-order valence-corrected chi connectivity index (χ0v) is 18.5. The lowest BCUT2D eigenvalue weighted by Gasteiger charge is -2.33. The van der Waals surface area contributed by atoms with Gasteiger partial charge in [-0.3, -0.25) is 9.69 Å². The Bertz CT molecular complexity index is 703. The number of morpholine rings is 1. The summed E-state index contributed by atoms with van der Waals surface area (Å²) in [5.74, 6) is 1.75. The van der Waals surface area contributed by atoms with E-state index in [1.807, 2.05) is 18.2 Å². The monoisotopic (exact) mass is 415 g/mol. The molecule has 2 heterocycles. The van der Waals surface area contributed by atoms with Gasteiger partial charge in [-0.2, -0.15) is 0 Å². The van der Waals surface area contributed by atoms with Crippen LogP contribution in [0.1, 0.15) is 38.7 Å². The molecular formula is C23H37N5O2. The molecule has 2 N–H and O–H groups in total. The molecule has 0 aliphatic carbocycles. The van der Waals surface area contributed by atoms with Crippen LogP contribution in [0.4, 0.5) is 5.69 Å². The van der Waals surface area contributed by atoms with Gasteiger partial charge < -0.3 is 20.3 Å². The molecule has 3 rings (SSSR count). The summed E-state index contributed by atoms with van der Waals surface area (Å²) in [5, 5.41) is 6.46. The first-order valence-corrected chi connectivity index (χ1v) is 11.4. The van der Waals surface area contributed by atoms with Crippen LogP contribution in [0.25, 0.3) is 0 Å². The standard InChI is InChI=1S/C23H37N5O2/c1-3-24-23(28-10-5-6-19(2)18-28)25-17-20-7-4-8-21(16-20)26-22(29)9-11-27-12-14-30-15-13-27/h4,7-8,16,19H,3,5-6,9-15,17-18H2,1-2H3,(H,24,25)(H,26,29). The average Bonchev–Trinajstić information content (AvgIpc) is 2.76. The van der Waals surface area contributed by atoms with E-state index in [0.29, 0.717) is 18.9 Å². The number of benzene rings is 1. The number of hydrogen-bond acceptors (Lipinski definition) is 4. The van der Waals surface area contributed by atoms with E-state index >= 15 is 0 Å². The molecular weight excluding hydrogens is 378 g/mol. The van der Waals surface area contributed by atoms with Crippen molar-refractivity contribution in [2.75, 3.05) is 57.8 Å². The van der Waals surface area contributed by atoms with Gasteiger partial charge in [0.15, 0.2) is 5.96 Å². The second-order valence-electron chi connectivity index (χ2n) is 8.32. The highest BCUT2D eigenvalue weighted by molar-refractivity contribution is 5.90. The van der Waals surface area contributed by atoms with Gasteiger partial charge in [-0.15, -0.1) is 0 Å². The molecule has 1 unspecified atom stereocenters. The first-order chi connectivity index (χ1) is 14.6. The molecule has 30 heavy (non-hydrogen) atoms. The molecule has 0 spiro atoms. The van der Waals surface area contributed by atoms with Crippen molar-refractivity contribution >= 4 is 17.6 Å². The van der Waals surface area contributed by atoms with Crippen LogP contribution < -0.4 is 10.6 Å². The molecule has 2 aliphatic heterocycles. The van der Waals surface area contributed by atoms with E-state index in [9.17, 15) is 4.79 Å². The topological polar surface area (TPSA) is 69.2 Å². The number of ether oxygens (including phenoxy) is 1. The summed E-state index contributed by atoms with van der Waals surface area (Å²) in [6.45, 7) is 12.1. The number of amides is 1. The van der Waals surface area contributed by atoms with Crippen LogP contribution in [0.2, 0.25) is 0 Å². The molecule has 1 aromatic carbocycles. The van der Waals surface area contributed by atoms with Gasteiger partial charge in [-0.1, -0.05) is 19.1 Å².